The topological polar surface area (TPSA) is 81.1 Å². The third-order valence-electron chi connectivity index (χ3n) is 3.15. The van der Waals surface area contributed by atoms with E-state index in [1.54, 1.807) is 0 Å². The lowest BCUT2D eigenvalue weighted by Gasteiger charge is -2.12. The zero-order chi connectivity index (χ0) is 13.3. The molecule has 5 nitrogen and oxygen atoms in total. The van der Waals surface area contributed by atoms with E-state index >= 15 is 0 Å². The second kappa shape index (κ2) is 4.78. The van der Waals surface area contributed by atoms with Gasteiger partial charge in [0.25, 0.3) is 0 Å². The van der Waals surface area contributed by atoms with Crippen LogP contribution in [0.3, 0.4) is 0 Å². The van der Waals surface area contributed by atoms with E-state index in [0.29, 0.717) is 6.42 Å². The second-order valence-electron chi connectivity index (χ2n) is 4.49. The zero-order valence-corrected chi connectivity index (χ0v) is 10.6. The Hall–Kier alpha value is -1.88. The van der Waals surface area contributed by atoms with E-state index in [4.69, 9.17) is 10.8 Å². The first-order valence-corrected chi connectivity index (χ1v) is 5.90. The minimum atomic E-state index is -0.819. The maximum Gasteiger partial charge on any atom is 0.303 e. The SMILES string of the molecule is Cc1nn(C)c2cccc(C(N)CCC(=O)O)c12. The van der Waals surface area contributed by atoms with Gasteiger partial charge >= 0.3 is 5.97 Å². The minimum absolute atomic E-state index is 0.0802. The Morgan fingerprint density at radius 3 is 2.94 bits per heavy atom. The van der Waals surface area contributed by atoms with Crippen molar-refractivity contribution in [3.05, 3.63) is 29.5 Å². The number of aliphatic carboxylic acids is 1. The Morgan fingerprint density at radius 2 is 2.28 bits per heavy atom. The molecule has 18 heavy (non-hydrogen) atoms. The van der Waals surface area contributed by atoms with Gasteiger partial charge in [0, 0.05) is 24.9 Å². The Kier molecular flexibility index (Phi) is 3.34. The summed E-state index contributed by atoms with van der Waals surface area (Å²) >= 11 is 0. The third-order valence-corrected chi connectivity index (χ3v) is 3.15. The summed E-state index contributed by atoms with van der Waals surface area (Å²) in [4.78, 5) is 10.6. The van der Waals surface area contributed by atoms with Crippen molar-refractivity contribution in [1.82, 2.24) is 9.78 Å². The Bertz CT molecular complexity index is 589. The molecule has 1 aromatic heterocycles. The Morgan fingerprint density at radius 1 is 1.56 bits per heavy atom. The van der Waals surface area contributed by atoms with Crippen LogP contribution >= 0.6 is 0 Å². The van der Waals surface area contributed by atoms with Crippen molar-refractivity contribution in [3.63, 3.8) is 0 Å². The Labute approximate surface area is 105 Å². The van der Waals surface area contributed by atoms with Crippen LogP contribution in [0.2, 0.25) is 0 Å². The molecular formula is C13H17N3O2. The number of nitrogens with zero attached hydrogens (tertiary/aromatic N) is 2. The third kappa shape index (κ3) is 2.22. The lowest BCUT2D eigenvalue weighted by molar-refractivity contribution is -0.137. The predicted molar refractivity (Wildman–Crippen MR) is 69.2 cm³/mol. The number of fused-ring (bicyclic) bond motifs is 1. The lowest BCUT2D eigenvalue weighted by atomic mass is 9.98. The molecule has 1 aromatic carbocycles. The second-order valence-corrected chi connectivity index (χ2v) is 4.49. The molecule has 2 rings (SSSR count). The van der Waals surface area contributed by atoms with Gasteiger partial charge in [-0.15, -0.1) is 0 Å². The normalized spacial score (nSPS) is 12.8. The fraction of sp³-hybridized carbons (Fsp3) is 0.385. The van der Waals surface area contributed by atoms with Crippen LogP contribution in [-0.4, -0.2) is 20.9 Å². The first kappa shape index (κ1) is 12.6. The van der Waals surface area contributed by atoms with E-state index < -0.39 is 5.97 Å². The van der Waals surface area contributed by atoms with Crippen LogP contribution in [0.4, 0.5) is 0 Å². The largest absolute Gasteiger partial charge is 0.481 e. The van der Waals surface area contributed by atoms with Gasteiger partial charge in [0.15, 0.2) is 0 Å². The van der Waals surface area contributed by atoms with Crippen molar-refractivity contribution in [3.8, 4) is 0 Å². The van der Waals surface area contributed by atoms with Crippen molar-refractivity contribution >= 4 is 16.9 Å². The fourth-order valence-corrected chi connectivity index (χ4v) is 2.29. The first-order chi connectivity index (χ1) is 8.50. The number of carbonyl (C=O) groups is 1. The molecule has 3 N–H and O–H groups in total. The van der Waals surface area contributed by atoms with Gasteiger partial charge in [0.2, 0.25) is 0 Å². The highest BCUT2D eigenvalue weighted by Gasteiger charge is 2.15. The molecule has 0 spiro atoms. The molecule has 0 saturated heterocycles. The summed E-state index contributed by atoms with van der Waals surface area (Å²) < 4.78 is 1.82. The number of rotatable bonds is 4. The average molecular weight is 247 g/mol. The number of carboxylic acid groups (broad SMARTS) is 1. The summed E-state index contributed by atoms with van der Waals surface area (Å²) in [6, 6.07) is 5.60. The van der Waals surface area contributed by atoms with E-state index in [1.807, 2.05) is 36.9 Å². The molecule has 2 aromatic rings. The molecule has 0 aliphatic heterocycles. The molecule has 1 atom stereocenters. The van der Waals surface area contributed by atoms with Crippen LogP contribution in [0.15, 0.2) is 18.2 Å². The van der Waals surface area contributed by atoms with Crippen LogP contribution in [0.5, 0.6) is 0 Å². The van der Waals surface area contributed by atoms with Crippen LogP contribution in [0, 0.1) is 6.92 Å². The molecule has 0 fully saturated rings. The van der Waals surface area contributed by atoms with E-state index in [2.05, 4.69) is 5.10 Å². The Balaban J connectivity index is 2.41. The highest BCUT2D eigenvalue weighted by atomic mass is 16.4. The number of aromatic nitrogens is 2. The summed E-state index contributed by atoms with van der Waals surface area (Å²) in [7, 11) is 1.89. The quantitative estimate of drug-likeness (QED) is 0.862. The fourth-order valence-electron chi connectivity index (χ4n) is 2.29. The van der Waals surface area contributed by atoms with Gasteiger partial charge in [-0.2, -0.15) is 5.10 Å². The molecule has 0 amide bonds. The van der Waals surface area contributed by atoms with Gasteiger partial charge < -0.3 is 10.8 Å². The summed E-state index contributed by atoms with van der Waals surface area (Å²) in [5.74, 6) is -0.819. The maximum atomic E-state index is 10.6. The number of carboxylic acids is 1. The summed E-state index contributed by atoms with van der Waals surface area (Å²) in [6.45, 7) is 1.94. The van der Waals surface area contributed by atoms with Crippen LogP contribution in [-0.2, 0) is 11.8 Å². The number of benzene rings is 1. The van der Waals surface area contributed by atoms with E-state index in [0.717, 1.165) is 22.2 Å². The van der Waals surface area contributed by atoms with E-state index in [9.17, 15) is 4.79 Å². The lowest BCUT2D eigenvalue weighted by Crippen LogP contribution is -2.12. The van der Waals surface area contributed by atoms with Crippen molar-refractivity contribution < 1.29 is 9.90 Å². The molecule has 1 unspecified atom stereocenters. The van der Waals surface area contributed by atoms with E-state index in [-0.39, 0.29) is 12.5 Å². The van der Waals surface area contributed by atoms with E-state index in [1.165, 1.54) is 0 Å². The number of hydrogen-bond acceptors (Lipinski definition) is 3. The number of aryl methyl sites for hydroxylation is 2. The molecular weight excluding hydrogens is 230 g/mol. The van der Waals surface area contributed by atoms with Crippen molar-refractivity contribution in [2.24, 2.45) is 12.8 Å². The summed E-state index contributed by atoms with van der Waals surface area (Å²) in [5, 5.41) is 14.1. The summed E-state index contributed by atoms with van der Waals surface area (Å²) in [5.41, 5.74) is 9.01. The molecule has 0 bridgehead atoms. The van der Waals surface area contributed by atoms with Gasteiger partial charge in [0.1, 0.15) is 0 Å². The summed E-state index contributed by atoms with van der Waals surface area (Å²) in [6.07, 6.45) is 0.514. The molecule has 5 heteroatoms. The van der Waals surface area contributed by atoms with Crippen LogP contribution in [0.1, 0.15) is 30.1 Å². The van der Waals surface area contributed by atoms with Crippen molar-refractivity contribution in [2.75, 3.05) is 0 Å². The highest BCUT2D eigenvalue weighted by Crippen LogP contribution is 2.27. The monoisotopic (exact) mass is 247 g/mol. The zero-order valence-electron chi connectivity index (χ0n) is 10.6. The van der Waals surface area contributed by atoms with Crippen molar-refractivity contribution in [2.45, 2.75) is 25.8 Å². The van der Waals surface area contributed by atoms with Gasteiger partial charge in [0.05, 0.1) is 11.2 Å². The van der Waals surface area contributed by atoms with Crippen molar-refractivity contribution in [1.29, 1.82) is 0 Å². The van der Waals surface area contributed by atoms with Crippen LogP contribution in [0.25, 0.3) is 10.9 Å². The number of nitrogens with two attached hydrogens (primary N) is 1. The maximum absolute atomic E-state index is 10.6. The number of hydrogen-bond donors (Lipinski definition) is 2. The first-order valence-electron chi connectivity index (χ1n) is 5.90. The molecule has 0 aliphatic carbocycles. The molecule has 0 radical (unpaired) electrons. The van der Waals surface area contributed by atoms with Gasteiger partial charge in [-0.25, -0.2) is 0 Å². The minimum Gasteiger partial charge on any atom is -0.481 e. The highest BCUT2D eigenvalue weighted by molar-refractivity contribution is 5.85. The van der Waals surface area contributed by atoms with Crippen LogP contribution < -0.4 is 5.73 Å². The van der Waals surface area contributed by atoms with Gasteiger partial charge in [-0.05, 0) is 25.0 Å². The molecule has 0 saturated carbocycles. The molecule has 1 heterocycles. The molecule has 0 aliphatic rings. The average Bonchev–Trinajstić information content (AvgIpc) is 2.62. The van der Waals surface area contributed by atoms with Gasteiger partial charge in [-0.3, -0.25) is 9.48 Å². The standard InChI is InChI=1S/C13H17N3O2/c1-8-13-9(10(14)6-7-12(17)18)4-3-5-11(13)16(2)15-8/h3-5,10H,6-7,14H2,1-2H3,(H,17,18). The smallest absolute Gasteiger partial charge is 0.303 e. The predicted octanol–water partition coefficient (Wildman–Crippen LogP) is 1.75. The van der Waals surface area contributed by atoms with Gasteiger partial charge in [-0.1, -0.05) is 12.1 Å². The molecule has 96 valence electrons.